The van der Waals surface area contributed by atoms with Crippen LogP contribution in [0.4, 0.5) is 0 Å². The number of likely N-dealkylation sites (N-methyl/N-ethyl adjacent to an activating group) is 1. The predicted molar refractivity (Wildman–Crippen MR) is 46.4 cm³/mol. The van der Waals surface area contributed by atoms with Crippen molar-refractivity contribution >= 4 is 0 Å². The third-order valence-corrected chi connectivity index (χ3v) is 1.81. The van der Waals surface area contributed by atoms with Crippen molar-refractivity contribution in [3.63, 3.8) is 0 Å². The van der Waals surface area contributed by atoms with Gasteiger partial charge >= 0.3 is 0 Å². The molecule has 1 N–H and O–H groups in total. The number of rotatable bonds is 3. The normalized spacial score (nSPS) is 17.1. The first-order valence-corrected chi connectivity index (χ1v) is 3.87. The molecule has 0 atom stereocenters. The smallest absolute Gasteiger partial charge is 0.0681 e. The molecule has 1 aliphatic rings. The van der Waals surface area contributed by atoms with E-state index in [0.717, 1.165) is 18.5 Å². The van der Waals surface area contributed by atoms with Gasteiger partial charge in [-0.1, -0.05) is 12.2 Å². The standard InChI is InChI=1S/C9H15NO/c1-10(2)6-8-4-3-5-9(8)7-11/h3,5,11H,4,6-7H2,1-2H3. The van der Waals surface area contributed by atoms with Crippen LogP contribution in [0.5, 0.6) is 0 Å². The lowest BCUT2D eigenvalue weighted by Crippen LogP contribution is -2.15. The minimum atomic E-state index is 0.180. The Kier molecular flexibility index (Phi) is 2.85. The van der Waals surface area contributed by atoms with Gasteiger partial charge in [-0.25, -0.2) is 0 Å². The average Bonchev–Trinajstić information content (AvgIpc) is 2.34. The molecule has 0 aromatic heterocycles. The number of aliphatic hydroxyl groups excluding tert-OH is 1. The van der Waals surface area contributed by atoms with Gasteiger partial charge in [0.25, 0.3) is 0 Å². The highest BCUT2D eigenvalue weighted by Crippen LogP contribution is 2.18. The Morgan fingerprint density at radius 2 is 2.27 bits per heavy atom. The molecule has 0 bridgehead atoms. The van der Waals surface area contributed by atoms with E-state index in [9.17, 15) is 0 Å². The van der Waals surface area contributed by atoms with Gasteiger partial charge in [0, 0.05) is 6.54 Å². The monoisotopic (exact) mass is 153 g/mol. The van der Waals surface area contributed by atoms with Crippen molar-refractivity contribution in [2.24, 2.45) is 0 Å². The molecular formula is C9H15NO. The molecule has 0 fully saturated rings. The van der Waals surface area contributed by atoms with Crippen LogP contribution in [0.15, 0.2) is 23.3 Å². The summed E-state index contributed by atoms with van der Waals surface area (Å²) in [6.45, 7) is 1.14. The molecule has 0 aromatic carbocycles. The fourth-order valence-electron chi connectivity index (χ4n) is 1.30. The molecule has 0 saturated heterocycles. The molecule has 1 aliphatic carbocycles. The van der Waals surface area contributed by atoms with Crippen molar-refractivity contribution in [1.82, 2.24) is 4.90 Å². The minimum absolute atomic E-state index is 0.180. The third-order valence-electron chi connectivity index (χ3n) is 1.81. The zero-order valence-electron chi connectivity index (χ0n) is 7.17. The molecule has 0 heterocycles. The van der Waals surface area contributed by atoms with E-state index in [4.69, 9.17) is 5.11 Å². The second-order valence-electron chi connectivity index (χ2n) is 3.13. The number of nitrogens with zero attached hydrogens (tertiary/aromatic N) is 1. The Morgan fingerprint density at radius 1 is 1.55 bits per heavy atom. The second kappa shape index (κ2) is 3.69. The van der Waals surface area contributed by atoms with Crippen LogP contribution < -0.4 is 0 Å². The second-order valence-corrected chi connectivity index (χ2v) is 3.13. The van der Waals surface area contributed by atoms with Crippen molar-refractivity contribution in [1.29, 1.82) is 0 Å². The summed E-state index contributed by atoms with van der Waals surface area (Å²) >= 11 is 0. The summed E-state index contributed by atoms with van der Waals surface area (Å²) in [5.74, 6) is 0. The van der Waals surface area contributed by atoms with Crippen LogP contribution in [0.25, 0.3) is 0 Å². The maximum Gasteiger partial charge on any atom is 0.0681 e. The van der Waals surface area contributed by atoms with Gasteiger partial charge in [0.1, 0.15) is 0 Å². The Balaban J connectivity index is 2.57. The summed E-state index contributed by atoms with van der Waals surface area (Å²) in [5, 5.41) is 8.92. The van der Waals surface area contributed by atoms with Gasteiger partial charge in [0.2, 0.25) is 0 Å². The maximum absolute atomic E-state index is 8.92. The fraction of sp³-hybridized carbons (Fsp3) is 0.556. The topological polar surface area (TPSA) is 23.5 Å². The number of allylic oxidation sites excluding steroid dienone is 1. The molecule has 0 amide bonds. The van der Waals surface area contributed by atoms with Crippen LogP contribution in [-0.2, 0) is 0 Å². The van der Waals surface area contributed by atoms with Gasteiger partial charge in [-0.15, -0.1) is 0 Å². The summed E-state index contributed by atoms with van der Waals surface area (Å²) < 4.78 is 0. The lowest BCUT2D eigenvalue weighted by Gasteiger charge is -2.11. The van der Waals surface area contributed by atoms with Gasteiger partial charge in [-0.2, -0.15) is 0 Å². The molecule has 0 aliphatic heterocycles. The van der Waals surface area contributed by atoms with Crippen molar-refractivity contribution in [3.8, 4) is 0 Å². The van der Waals surface area contributed by atoms with Crippen LogP contribution in [0.2, 0.25) is 0 Å². The number of aliphatic hydroxyl groups is 1. The molecule has 0 spiro atoms. The summed E-state index contributed by atoms with van der Waals surface area (Å²) in [6.07, 6.45) is 5.12. The van der Waals surface area contributed by atoms with Crippen LogP contribution in [0.3, 0.4) is 0 Å². The van der Waals surface area contributed by atoms with Gasteiger partial charge in [0.05, 0.1) is 6.61 Å². The SMILES string of the molecule is CN(C)CC1=C(CO)C=CC1. The Labute approximate surface area is 67.8 Å². The zero-order valence-corrected chi connectivity index (χ0v) is 7.17. The van der Waals surface area contributed by atoms with E-state index in [1.807, 2.05) is 20.2 Å². The van der Waals surface area contributed by atoms with Crippen molar-refractivity contribution in [2.45, 2.75) is 6.42 Å². The van der Waals surface area contributed by atoms with Crippen molar-refractivity contribution in [3.05, 3.63) is 23.3 Å². The quantitative estimate of drug-likeness (QED) is 0.648. The Bertz CT molecular complexity index is 192. The maximum atomic E-state index is 8.92. The van der Waals surface area contributed by atoms with E-state index in [2.05, 4.69) is 11.0 Å². The molecule has 2 heteroatoms. The number of hydrogen-bond acceptors (Lipinski definition) is 2. The molecule has 1 rings (SSSR count). The van der Waals surface area contributed by atoms with Gasteiger partial charge in [-0.05, 0) is 31.7 Å². The van der Waals surface area contributed by atoms with E-state index in [1.54, 1.807) is 0 Å². The lowest BCUT2D eigenvalue weighted by atomic mass is 10.1. The van der Waals surface area contributed by atoms with Gasteiger partial charge in [-0.3, -0.25) is 0 Å². The van der Waals surface area contributed by atoms with Gasteiger partial charge in [0.15, 0.2) is 0 Å². The molecule has 11 heavy (non-hydrogen) atoms. The molecule has 2 nitrogen and oxygen atoms in total. The van der Waals surface area contributed by atoms with Crippen LogP contribution >= 0.6 is 0 Å². The first-order valence-electron chi connectivity index (χ1n) is 3.87. The first-order chi connectivity index (χ1) is 5.24. The van der Waals surface area contributed by atoms with E-state index < -0.39 is 0 Å². The van der Waals surface area contributed by atoms with Crippen LogP contribution in [0.1, 0.15) is 6.42 Å². The molecular weight excluding hydrogens is 138 g/mol. The molecule has 0 unspecified atom stereocenters. The summed E-state index contributed by atoms with van der Waals surface area (Å²) in [4.78, 5) is 2.12. The highest BCUT2D eigenvalue weighted by Gasteiger charge is 2.08. The minimum Gasteiger partial charge on any atom is -0.392 e. The van der Waals surface area contributed by atoms with Crippen LogP contribution in [-0.4, -0.2) is 37.3 Å². The zero-order chi connectivity index (χ0) is 8.27. The fourth-order valence-corrected chi connectivity index (χ4v) is 1.30. The summed E-state index contributed by atoms with van der Waals surface area (Å²) in [6, 6.07) is 0. The summed E-state index contributed by atoms with van der Waals surface area (Å²) in [7, 11) is 4.08. The van der Waals surface area contributed by atoms with Gasteiger partial charge < -0.3 is 10.0 Å². The third kappa shape index (κ3) is 2.17. The van der Waals surface area contributed by atoms with E-state index >= 15 is 0 Å². The van der Waals surface area contributed by atoms with Crippen LogP contribution in [0, 0.1) is 0 Å². The predicted octanol–water partition coefficient (Wildman–Crippen LogP) is 0.797. The highest BCUT2D eigenvalue weighted by molar-refractivity contribution is 5.34. The summed E-state index contributed by atoms with van der Waals surface area (Å²) in [5.41, 5.74) is 2.44. The molecule has 62 valence electrons. The highest BCUT2D eigenvalue weighted by atomic mass is 16.3. The molecule has 0 saturated carbocycles. The Hall–Kier alpha value is -0.600. The average molecular weight is 153 g/mol. The Morgan fingerprint density at radius 3 is 2.82 bits per heavy atom. The molecule has 0 aromatic rings. The van der Waals surface area contributed by atoms with E-state index in [1.165, 1.54) is 5.57 Å². The molecule has 0 radical (unpaired) electrons. The van der Waals surface area contributed by atoms with Crippen molar-refractivity contribution < 1.29 is 5.11 Å². The first kappa shape index (κ1) is 8.50. The van der Waals surface area contributed by atoms with Crippen molar-refractivity contribution in [2.75, 3.05) is 27.2 Å². The lowest BCUT2D eigenvalue weighted by molar-refractivity contribution is 0.332. The number of hydrogen-bond donors (Lipinski definition) is 1. The largest absolute Gasteiger partial charge is 0.392 e. The van der Waals surface area contributed by atoms with E-state index in [-0.39, 0.29) is 6.61 Å². The van der Waals surface area contributed by atoms with E-state index in [0.29, 0.717) is 0 Å².